The molecule has 1 aromatic heterocycles. The van der Waals surface area contributed by atoms with Gasteiger partial charge in [-0.1, -0.05) is 62.3 Å². The minimum Gasteiger partial charge on any atom is -0.411 e. The van der Waals surface area contributed by atoms with Crippen LogP contribution >= 0.6 is 0 Å². The number of Topliss-reactive ketones (excluding diaryl/α,β-unsaturated/α-hetero) is 1. The molecule has 1 aliphatic rings. The summed E-state index contributed by atoms with van der Waals surface area (Å²) in [7, 11) is -4.67. The maximum Gasteiger partial charge on any atom is 0.330 e. The van der Waals surface area contributed by atoms with E-state index < -0.39 is 57.8 Å². The average Bonchev–Trinajstić information content (AvgIpc) is 3.08. The van der Waals surface area contributed by atoms with Crippen molar-refractivity contribution in [3.8, 4) is 0 Å². The molecule has 0 saturated carbocycles. The van der Waals surface area contributed by atoms with Crippen molar-refractivity contribution >= 4 is 22.4 Å². The van der Waals surface area contributed by atoms with Gasteiger partial charge in [-0.2, -0.15) is 0 Å². The van der Waals surface area contributed by atoms with Crippen molar-refractivity contribution in [2.75, 3.05) is 0 Å². The highest BCUT2D eigenvalue weighted by Gasteiger charge is 2.53. The Labute approximate surface area is 224 Å². The molecule has 4 atom stereocenters. The summed E-state index contributed by atoms with van der Waals surface area (Å²) in [4.78, 5) is 41.1. The number of nitrogens with one attached hydrogen (secondary N) is 1. The standard InChI is InChI=1S/C27H50N2O6Si2/c1-17-16-29(24(32)28-23(17)31)19-15-18(34-36(11,12)26(5,6)7)20(33-19)21(22(30)25(2,3)4)35-37(13,14)27(8,9)10/h16,18-21H,15H2,1-14H3,(H,28,31,32)/t18-,19+,20-,21+/m0/s1. The zero-order valence-electron chi connectivity index (χ0n) is 25.5. The highest BCUT2D eigenvalue weighted by Crippen LogP contribution is 2.44. The Morgan fingerprint density at radius 3 is 1.97 bits per heavy atom. The molecule has 0 bridgehead atoms. The van der Waals surface area contributed by atoms with Crippen LogP contribution in [0.3, 0.4) is 0 Å². The lowest BCUT2D eigenvalue weighted by Crippen LogP contribution is -2.56. The average molecular weight is 555 g/mol. The summed E-state index contributed by atoms with van der Waals surface area (Å²) >= 11 is 0. The van der Waals surface area contributed by atoms with Gasteiger partial charge in [0.05, 0.1) is 6.10 Å². The molecule has 0 aromatic carbocycles. The predicted molar refractivity (Wildman–Crippen MR) is 153 cm³/mol. The van der Waals surface area contributed by atoms with Crippen LogP contribution in [0.15, 0.2) is 15.8 Å². The smallest absolute Gasteiger partial charge is 0.330 e. The largest absolute Gasteiger partial charge is 0.411 e. The molecule has 0 unspecified atom stereocenters. The molecule has 0 amide bonds. The van der Waals surface area contributed by atoms with Gasteiger partial charge in [0.1, 0.15) is 18.4 Å². The van der Waals surface area contributed by atoms with Crippen molar-refractivity contribution in [1.82, 2.24) is 9.55 Å². The number of aromatic nitrogens is 2. The van der Waals surface area contributed by atoms with Gasteiger partial charge in [-0.15, -0.1) is 0 Å². The number of aryl methyl sites for hydroxylation is 1. The molecule has 1 N–H and O–H groups in total. The second-order valence-corrected chi connectivity index (χ2v) is 24.1. The van der Waals surface area contributed by atoms with Crippen LogP contribution < -0.4 is 11.2 Å². The Hall–Kier alpha value is -1.34. The van der Waals surface area contributed by atoms with E-state index in [9.17, 15) is 14.4 Å². The third kappa shape index (κ3) is 7.00. The number of ether oxygens (including phenoxy) is 1. The molecule has 0 radical (unpaired) electrons. The van der Waals surface area contributed by atoms with Crippen molar-refractivity contribution in [1.29, 1.82) is 0 Å². The van der Waals surface area contributed by atoms with Gasteiger partial charge in [0.25, 0.3) is 5.56 Å². The summed E-state index contributed by atoms with van der Waals surface area (Å²) in [5.41, 5.74) is -1.22. The van der Waals surface area contributed by atoms with E-state index in [1.807, 2.05) is 20.8 Å². The summed E-state index contributed by atoms with van der Waals surface area (Å²) in [6.45, 7) is 28.8. The summed E-state index contributed by atoms with van der Waals surface area (Å²) in [5.74, 6) is -0.0446. The highest BCUT2D eigenvalue weighted by molar-refractivity contribution is 6.74. The van der Waals surface area contributed by atoms with Crippen molar-refractivity contribution < 1.29 is 18.4 Å². The molecule has 2 rings (SSSR count). The molecule has 0 aliphatic carbocycles. The SMILES string of the molecule is Cc1cn([C@H]2C[C@H](O[Si](C)(C)C(C)(C)C)[C@@H]([C@@H](O[Si](C)(C)C(C)(C)C)C(=O)C(C)(C)C)O2)c(=O)[nH]c1=O. The van der Waals surface area contributed by atoms with Crippen LogP contribution in [0.25, 0.3) is 0 Å². The Bertz CT molecular complexity index is 1100. The normalized spacial score (nSPS) is 22.8. The fourth-order valence-electron chi connectivity index (χ4n) is 3.76. The highest BCUT2D eigenvalue weighted by atomic mass is 28.4. The first-order chi connectivity index (χ1) is 16.4. The Morgan fingerprint density at radius 2 is 1.51 bits per heavy atom. The molecule has 8 nitrogen and oxygen atoms in total. The Kier molecular flexibility index (Phi) is 8.90. The summed E-state index contributed by atoms with van der Waals surface area (Å²) < 4.78 is 21.6. The van der Waals surface area contributed by atoms with E-state index in [4.69, 9.17) is 13.6 Å². The Morgan fingerprint density at radius 1 is 1.00 bits per heavy atom. The molecule has 2 heterocycles. The molecule has 0 spiro atoms. The van der Waals surface area contributed by atoms with Gasteiger partial charge in [0.15, 0.2) is 22.4 Å². The number of hydrogen-bond acceptors (Lipinski definition) is 6. The second-order valence-electron chi connectivity index (χ2n) is 14.6. The van der Waals surface area contributed by atoms with Crippen LogP contribution in [0.1, 0.15) is 80.5 Å². The lowest BCUT2D eigenvalue weighted by atomic mass is 9.85. The number of nitrogens with zero attached hydrogens (tertiary/aromatic N) is 1. The first kappa shape index (κ1) is 31.9. The predicted octanol–water partition coefficient (Wildman–Crippen LogP) is 5.53. The van der Waals surface area contributed by atoms with Crippen LogP contribution in [0.5, 0.6) is 0 Å². The van der Waals surface area contributed by atoms with Crippen molar-refractivity contribution in [2.24, 2.45) is 5.41 Å². The van der Waals surface area contributed by atoms with Crippen LogP contribution in [0.4, 0.5) is 0 Å². The zero-order chi connectivity index (χ0) is 28.9. The van der Waals surface area contributed by atoms with Gasteiger partial charge < -0.3 is 13.6 Å². The van der Waals surface area contributed by atoms with E-state index in [1.54, 1.807) is 6.92 Å². The van der Waals surface area contributed by atoms with Gasteiger partial charge in [-0.3, -0.25) is 19.1 Å². The molecular formula is C27H50N2O6Si2. The van der Waals surface area contributed by atoms with Crippen LogP contribution in [0, 0.1) is 12.3 Å². The Balaban J connectivity index is 2.65. The summed E-state index contributed by atoms with van der Waals surface area (Å²) in [6, 6.07) is 0. The minimum atomic E-state index is -2.39. The van der Waals surface area contributed by atoms with Gasteiger partial charge in [0.2, 0.25) is 0 Å². The third-order valence-electron chi connectivity index (χ3n) is 8.35. The molecule has 1 aliphatic heterocycles. The van der Waals surface area contributed by atoms with Gasteiger partial charge in [0, 0.05) is 23.6 Å². The monoisotopic (exact) mass is 554 g/mol. The topological polar surface area (TPSA) is 99.6 Å². The van der Waals surface area contributed by atoms with Gasteiger partial charge in [-0.25, -0.2) is 4.79 Å². The van der Waals surface area contributed by atoms with Gasteiger partial charge >= 0.3 is 5.69 Å². The first-order valence-corrected chi connectivity index (χ1v) is 19.1. The summed E-state index contributed by atoms with van der Waals surface area (Å²) in [5, 5.41) is -0.185. The van der Waals surface area contributed by atoms with Crippen molar-refractivity contribution in [3.63, 3.8) is 0 Å². The van der Waals surface area contributed by atoms with Crippen LogP contribution in [-0.4, -0.2) is 50.3 Å². The molecule has 1 saturated heterocycles. The first-order valence-electron chi connectivity index (χ1n) is 13.3. The fraction of sp³-hybridized carbons (Fsp3) is 0.815. The van der Waals surface area contributed by atoms with E-state index in [0.717, 1.165) is 0 Å². The minimum absolute atomic E-state index is 0.0446. The number of ketones is 1. The lowest BCUT2D eigenvalue weighted by Gasteiger charge is -2.44. The molecule has 37 heavy (non-hydrogen) atoms. The maximum atomic E-state index is 13.9. The molecule has 1 fully saturated rings. The maximum absolute atomic E-state index is 13.9. The third-order valence-corrected chi connectivity index (χ3v) is 17.3. The van der Waals surface area contributed by atoms with E-state index in [1.165, 1.54) is 10.8 Å². The fourth-order valence-corrected chi connectivity index (χ4v) is 6.33. The van der Waals surface area contributed by atoms with E-state index in [0.29, 0.717) is 12.0 Å². The zero-order valence-corrected chi connectivity index (χ0v) is 27.5. The van der Waals surface area contributed by atoms with E-state index in [-0.39, 0.29) is 15.9 Å². The van der Waals surface area contributed by atoms with Crippen LogP contribution in [0.2, 0.25) is 36.3 Å². The number of hydrogen-bond donors (Lipinski definition) is 1. The number of rotatable bonds is 7. The van der Waals surface area contributed by atoms with Gasteiger partial charge in [-0.05, 0) is 43.2 Å². The molecule has 10 heteroatoms. The van der Waals surface area contributed by atoms with E-state index in [2.05, 4.69) is 72.7 Å². The quantitative estimate of drug-likeness (QED) is 0.445. The summed E-state index contributed by atoms with van der Waals surface area (Å²) in [6.07, 6.45) is -0.795. The van der Waals surface area contributed by atoms with Crippen molar-refractivity contribution in [3.05, 3.63) is 32.6 Å². The molecule has 212 valence electrons. The lowest BCUT2D eigenvalue weighted by molar-refractivity contribution is -0.146. The number of aromatic amines is 1. The second kappa shape index (κ2) is 10.3. The van der Waals surface area contributed by atoms with Crippen molar-refractivity contribution in [2.45, 2.75) is 136 Å². The number of carbonyl (C=O) groups is 1. The molecule has 1 aromatic rings. The van der Waals surface area contributed by atoms with E-state index >= 15 is 0 Å². The molecular weight excluding hydrogens is 504 g/mol. The number of carbonyl (C=O) groups excluding carboxylic acids is 1. The number of H-pyrrole nitrogens is 1. The van der Waals surface area contributed by atoms with Crippen LogP contribution in [-0.2, 0) is 18.4 Å².